The summed E-state index contributed by atoms with van der Waals surface area (Å²) < 4.78 is 0. The number of carbonyl (C=O) groups excluding carboxylic acids is 1. The van der Waals surface area contributed by atoms with Crippen LogP contribution in [0.4, 0.5) is 0 Å². The van der Waals surface area contributed by atoms with Gasteiger partial charge in [0.25, 0.3) is 0 Å². The summed E-state index contributed by atoms with van der Waals surface area (Å²) in [6, 6.07) is 17.8. The Kier molecular flexibility index (Phi) is 6.23. The average Bonchev–Trinajstić information content (AvgIpc) is 2.52. The number of amides is 1. The van der Waals surface area contributed by atoms with E-state index in [1.807, 2.05) is 49.4 Å². The molecule has 0 aliphatic heterocycles. The summed E-state index contributed by atoms with van der Waals surface area (Å²) in [5, 5.41) is 3.64. The lowest BCUT2D eigenvalue weighted by Crippen LogP contribution is -2.31. The predicted molar refractivity (Wildman–Crippen MR) is 92.9 cm³/mol. The maximum atomic E-state index is 11.9. The number of carbonyl (C=O) groups is 1. The Morgan fingerprint density at radius 2 is 1.95 bits per heavy atom. The van der Waals surface area contributed by atoms with E-state index in [0.717, 1.165) is 18.4 Å². The Morgan fingerprint density at radius 3 is 2.68 bits per heavy atom. The molecule has 0 aliphatic rings. The van der Waals surface area contributed by atoms with E-state index in [1.165, 1.54) is 5.56 Å². The van der Waals surface area contributed by atoms with E-state index in [9.17, 15) is 4.79 Å². The van der Waals surface area contributed by atoms with Gasteiger partial charge in [-0.05, 0) is 49.1 Å². The highest BCUT2D eigenvalue weighted by atomic mass is 35.5. The van der Waals surface area contributed by atoms with Crippen molar-refractivity contribution in [3.63, 3.8) is 0 Å². The molecule has 0 bridgehead atoms. The van der Waals surface area contributed by atoms with Crippen LogP contribution in [0, 0.1) is 0 Å². The van der Waals surface area contributed by atoms with Gasteiger partial charge in [0.1, 0.15) is 0 Å². The van der Waals surface area contributed by atoms with Crippen molar-refractivity contribution in [1.82, 2.24) is 5.32 Å². The molecule has 0 aliphatic carbocycles. The molecule has 2 nitrogen and oxygen atoms in total. The van der Waals surface area contributed by atoms with E-state index in [0.29, 0.717) is 5.02 Å². The number of benzene rings is 2. The first-order valence-corrected chi connectivity index (χ1v) is 7.79. The number of hydrogen-bond donors (Lipinski definition) is 1. The molecule has 3 heteroatoms. The summed E-state index contributed by atoms with van der Waals surface area (Å²) in [6.07, 6.45) is 5.19. The molecule has 1 amide bonds. The van der Waals surface area contributed by atoms with Crippen LogP contribution < -0.4 is 5.32 Å². The van der Waals surface area contributed by atoms with E-state index >= 15 is 0 Å². The van der Waals surface area contributed by atoms with Crippen LogP contribution in [0.25, 0.3) is 6.08 Å². The largest absolute Gasteiger partial charge is 0.350 e. The molecule has 1 unspecified atom stereocenters. The second kappa shape index (κ2) is 8.40. The fourth-order valence-electron chi connectivity index (χ4n) is 2.17. The lowest BCUT2D eigenvalue weighted by molar-refractivity contribution is -0.117. The third-order valence-electron chi connectivity index (χ3n) is 3.37. The van der Waals surface area contributed by atoms with E-state index in [1.54, 1.807) is 12.2 Å². The third kappa shape index (κ3) is 5.74. The summed E-state index contributed by atoms with van der Waals surface area (Å²) in [4.78, 5) is 11.9. The van der Waals surface area contributed by atoms with Crippen LogP contribution in [-0.4, -0.2) is 11.9 Å². The van der Waals surface area contributed by atoms with Crippen molar-refractivity contribution in [2.24, 2.45) is 0 Å². The van der Waals surface area contributed by atoms with Gasteiger partial charge in [-0.3, -0.25) is 4.79 Å². The van der Waals surface area contributed by atoms with Crippen molar-refractivity contribution in [2.75, 3.05) is 0 Å². The van der Waals surface area contributed by atoms with Crippen molar-refractivity contribution in [3.8, 4) is 0 Å². The molecule has 114 valence electrons. The predicted octanol–water partition coefficient (Wildman–Crippen LogP) is 4.49. The van der Waals surface area contributed by atoms with Crippen molar-refractivity contribution in [1.29, 1.82) is 0 Å². The number of halogens is 1. The number of rotatable bonds is 6. The highest BCUT2D eigenvalue weighted by Gasteiger charge is 2.05. The molecule has 22 heavy (non-hydrogen) atoms. The van der Waals surface area contributed by atoms with Crippen LogP contribution in [0.2, 0.25) is 5.02 Å². The zero-order valence-corrected chi connectivity index (χ0v) is 13.4. The van der Waals surface area contributed by atoms with Gasteiger partial charge in [0.05, 0.1) is 0 Å². The molecule has 2 aromatic rings. The Balaban J connectivity index is 1.78. The first-order chi connectivity index (χ1) is 10.6. The molecular formula is C19H20ClNO. The zero-order chi connectivity index (χ0) is 15.8. The van der Waals surface area contributed by atoms with Crippen LogP contribution in [0.3, 0.4) is 0 Å². The zero-order valence-electron chi connectivity index (χ0n) is 12.6. The minimum absolute atomic E-state index is 0.0828. The lowest BCUT2D eigenvalue weighted by Gasteiger charge is -2.12. The minimum atomic E-state index is -0.0828. The smallest absolute Gasteiger partial charge is 0.244 e. The summed E-state index contributed by atoms with van der Waals surface area (Å²) in [5.41, 5.74) is 2.21. The van der Waals surface area contributed by atoms with Gasteiger partial charge in [-0.2, -0.15) is 0 Å². The average molecular weight is 314 g/mol. The fraction of sp³-hybridized carbons (Fsp3) is 0.211. The highest BCUT2D eigenvalue weighted by Crippen LogP contribution is 2.11. The molecule has 0 spiro atoms. The van der Waals surface area contributed by atoms with Crippen LogP contribution in [0.15, 0.2) is 60.7 Å². The number of hydrogen-bond acceptors (Lipinski definition) is 1. The first-order valence-electron chi connectivity index (χ1n) is 7.41. The Morgan fingerprint density at radius 1 is 1.18 bits per heavy atom. The van der Waals surface area contributed by atoms with Gasteiger partial charge in [-0.15, -0.1) is 0 Å². The molecule has 0 saturated carbocycles. The van der Waals surface area contributed by atoms with Gasteiger partial charge < -0.3 is 5.32 Å². The normalized spacial score (nSPS) is 12.3. The van der Waals surface area contributed by atoms with Crippen LogP contribution in [0.5, 0.6) is 0 Å². The van der Waals surface area contributed by atoms with E-state index in [2.05, 4.69) is 17.4 Å². The topological polar surface area (TPSA) is 29.1 Å². The van der Waals surface area contributed by atoms with E-state index in [-0.39, 0.29) is 11.9 Å². The minimum Gasteiger partial charge on any atom is -0.350 e. The molecule has 1 atom stereocenters. The summed E-state index contributed by atoms with van der Waals surface area (Å²) in [7, 11) is 0. The second-order valence-electron chi connectivity index (χ2n) is 5.32. The Bertz CT molecular complexity index is 637. The van der Waals surface area contributed by atoms with Crippen LogP contribution in [0.1, 0.15) is 24.5 Å². The standard InChI is InChI=1S/C19H20ClNO/c1-15(10-11-16-6-3-2-4-7-16)21-19(22)13-12-17-8-5-9-18(20)14-17/h2-9,12-15H,10-11H2,1H3,(H,21,22). The van der Waals surface area contributed by atoms with E-state index in [4.69, 9.17) is 11.6 Å². The SMILES string of the molecule is CC(CCc1ccccc1)NC(=O)C=Cc1cccc(Cl)c1. The molecule has 2 aromatic carbocycles. The summed E-state index contributed by atoms with van der Waals surface area (Å²) >= 11 is 5.91. The molecule has 0 heterocycles. The monoisotopic (exact) mass is 313 g/mol. The van der Waals surface area contributed by atoms with Gasteiger partial charge >= 0.3 is 0 Å². The molecule has 0 radical (unpaired) electrons. The van der Waals surface area contributed by atoms with Crippen molar-refractivity contribution in [2.45, 2.75) is 25.8 Å². The van der Waals surface area contributed by atoms with Crippen molar-refractivity contribution in [3.05, 3.63) is 76.8 Å². The Labute approximate surface area is 136 Å². The van der Waals surface area contributed by atoms with Crippen LogP contribution >= 0.6 is 11.6 Å². The fourth-order valence-corrected chi connectivity index (χ4v) is 2.37. The molecule has 0 fully saturated rings. The van der Waals surface area contributed by atoms with Crippen molar-refractivity contribution < 1.29 is 4.79 Å². The first kappa shape index (κ1) is 16.3. The van der Waals surface area contributed by atoms with Gasteiger partial charge in [0.15, 0.2) is 0 Å². The quantitative estimate of drug-likeness (QED) is 0.782. The molecular weight excluding hydrogens is 294 g/mol. The maximum Gasteiger partial charge on any atom is 0.244 e. The molecule has 0 saturated heterocycles. The molecule has 1 N–H and O–H groups in total. The lowest BCUT2D eigenvalue weighted by atomic mass is 10.1. The number of nitrogens with one attached hydrogen (secondary N) is 1. The summed E-state index contributed by atoms with van der Waals surface area (Å²) in [6.45, 7) is 2.02. The summed E-state index contributed by atoms with van der Waals surface area (Å²) in [5.74, 6) is -0.0828. The van der Waals surface area contributed by atoms with Gasteiger partial charge in [0.2, 0.25) is 5.91 Å². The second-order valence-corrected chi connectivity index (χ2v) is 5.76. The van der Waals surface area contributed by atoms with Gasteiger partial charge in [-0.1, -0.05) is 54.1 Å². The Hall–Kier alpha value is -2.06. The maximum absolute atomic E-state index is 11.9. The molecule has 0 aromatic heterocycles. The molecule has 2 rings (SSSR count). The van der Waals surface area contributed by atoms with Crippen molar-refractivity contribution >= 4 is 23.6 Å². The van der Waals surface area contributed by atoms with Crippen LogP contribution in [-0.2, 0) is 11.2 Å². The highest BCUT2D eigenvalue weighted by molar-refractivity contribution is 6.30. The van der Waals surface area contributed by atoms with E-state index < -0.39 is 0 Å². The number of aryl methyl sites for hydroxylation is 1. The van der Waals surface area contributed by atoms with Gasteiger partial charge in [0, 0.05) is 17.1 Å². The third-order valence-corrected chi connectivity index (χ3v) is 3.61. The van der Waals surface area contributed by atoms with Gasteiger partial charge in [-0.25, -0.2) is 0 Å².